The Morgan fingerprint density at radius 1 is 1.30 bits per heavy atom. The zero-order valence-corrected chi connectivity index (χ0v) is 12.9. The second-order valence-electron chi connectivity index (χ2n) is 5.13. The second-order valence-corrected chi connectivity index (χ2v) is 5.94. The lowest BCUT2D eigenvalue weighted by Crippen LogP contribution is -2.35. The molecule has 1 N–H and O–H groups in total. The van der Waals surface area contributed by atoms with Crippen molar-refractivity contribution in [2.24, 2.45) is 0 Å². The molecule has 0 saturated carbocycles. The maximum atomic E-state index is 13.3. The number of hydrogen-bond acceptors (Lipinski definition) is 3. The number of nitrogens with one attached hydrogen (secondary N) is 1. The van der Waals surface area contributed by atoms with Crippen LogP contribution in [-0.4, -0.2) is 16.0 Å². The fourth-order valence-corrected chi connectivity index (χ4v) is 2.90. The van der Waals surface area contributed by atoms with E-state index in [-0.39, 0.29) is 22.8 Å². The Morgan fingerprint density at radius 3 is 2.65 bits per heavy atom. The van der Waals surface area contributed by atoms with Crippen molar-refractivity contribution < 1.29 is 13.2 Å². The van der Waals surface area contributed by atoms with Crippen molar-refractivity contribution in [3.8, 4) is 6.07 Å². The van der Waals surface area contributed by atoms with Gasteiger partial charge in [0.05, 0.1) is 22.3 Å². The van der Waals surface area contributed by atoms with E-state index in [2.05, 4.69) is 10.4 Å². The highest BCUT2D eigenvalue weighted by Crippen LogP contribution is 2.44. The molecule has 23 heavy (non-hydrogen) atoms. The first kappa shape index (κ1) is 16.0. The van der Waals surface area contributed by atoms with Gasteiger partial charge in [0.25, 0.3) is 0 Å². The van der Waals surface area contributed by atoms with Gasteiger partial charge in [-0.15, -0.1) is 0 Å². The molecule has 0 saturated heterocycles. The van der Waals surface area contributed by atoms with Crippen molar-refractivity contribution in [3.63, 3.8) is 0 Å². The van der Waals surface area contributed by atoms with Gasteiger partial charge in [-0.3, -0.25) is 0 Å². The molecule has 0 bridgehead atoms. The molecule has 0 radical (unpaired) electrons. The molecule has 1 aliphatic rings. The summed E-state index contributed by atoms with van der Waals surface area (Å²) in [6, 6.07) is 4.02. The van der Waals surface area contributed by atoms with Crippen LogP contribution in [0.15, 0.2) is 24.4 Å². The van der Waals surface area contributed by atoms with E-state index in [1.807, 2.05) is 6.07 Å². The van der Waals surface area contributed by atoms with E-state index in [0.717, 1.165) is 10.9 Å². The van der Waals surface area contributed by atoms with Crippen molar-refractivity contribution in [1.29, 1.82) is 5.26 Å². The SMILES string of the molecule is N#Cc1cnn2c1N[C@H](c1ccc(Cl)c(Cl)c1)C[C@@H]2C(F)(F)F. The van der Waals surface area contributed by atoms with Crippen molar-refractivity contribution in [3.05, 3.63) is 45.6 Å². The van der Waals surface area contributed by atoms with Crippen LogP contribution in [0.2, 0.25) is 10.0 Å². The Balaban J connectivity index is 2.05. The van der Waals surface area contributed by atoms with Gasteiger partial charge in [-0.25, -0.2) is 4.68 Å². The predicted octanol–water partition coefficient (Wildman–Crippen LogP) is 4.72. The van der Waals surface area contributed by atoms with Gasteiger partial charge < -0.3 is 5.32 Å². The number of benzene rings is 1. The number of hydrogen-bond donors (Lipinski definition) is 1. The van der Waals surface area contributed by atoms with Gasteiger partial charge in [-0.1, -0.05) is 29.3 Å². The van der Waals surface area contributed by atoms with Gasteiger partial charge in [0.15, 0.2) is 6.04 Å². The molecule has 0 spiro atoms. The molecule has 0 fully saturated rings. The number of alkyl halides is 3. The molecule has 4 nitrogen and oxygen atoms in total. The lowest BCUT2D eigenvalue weighted by Gasteiger charge is -2.33. The Labute approximate surface area is 139 Å². The molecule has 1 aromatic carbocycles. The molecule has 120 valence electrons. The molecule has 2 atom stereocenters. The van der Waals surface area contributed by atoms with Crippen LogP contribution in [0, 0.1) is 11.3 Å². The van der Waals surface area contributed by atoms with Crippen LogP contribution in [-0.2, 0) is 0 Å². The summed E-state index contributed by atoms with van der Waals surface area (Å²) in [6.45, 7) is 0. The number of halogens is 5. The number of nitrogens with zero attached hydrogens (tertiary/aromatic N) is 3. The van der Waals surface area contributed by atoms with E-state index < -0.39 is 18.3 Å². The fourth-order valence-electron chi connectivity index (χ4n) is 2.59. The predicted molar refractivity (Wildman–Crippen MR) is 79.5 cm³/mol. The molecule has 2 aromatic rings. The van der Waals surface area contributed by atoms with Gasteiger partial charge in [0, 0.05) is 6.42 Å². The summed E-state index contributed by atoms with van der Waals surface area (Å²) < 4.78 is 40.9. The number of rotatable bonds is 1. The summed E-state index contributed by atoms with van der Waals surface area (Å²) in [4.78, 5) is 0. The molecule has 2 heterocycles. The minimum absolute atomic E-state index is 0.0529. The first-order valence-electron chi connectivity index (χ1n) is 6.57. The molecule has 0 aliphatic carbocycles. The van der Waals surface area contributed by atoms with Crippen LogP contribution < -0.4 is 5.32 Å². The summed E-state index contributed by atoms with van der Waals surface area (Å²) in [5, 5.41) is 16.3. The first-order valence-corrected chi connectivity index (χ1v) is 7.32. The van der Waals surface area contributed by atoms with Crippen LogP contribution in [0.5, 0.6) is 0 Å². The van der Waals surface area contributed by atoms with E-state index in [9.17, 15) is 13.2 Å². The highest BCUT2D eigenvalue weighted by molar-refractivity contribution is 6.42. The Kier molecular flexibility index (Phi) is 3.90. The van der Waals surface area contributed by atoms with Crippen LogP contribution in [0.1, 0.15) is 29.6 Å². The zero-order chi connectivity index (χ0) is 16.8. The number of fused-ring (bicyclic) bond motifs is 1. The molecule has 1 aromatic heterocycles. The highest BCUT2D eigenvalue weighted by Gasteiger charge is 2.47. The quantitative estimate of drug-likeness (QED) is 0.800. The van der Waals surface area contributed by atoms with Crippen LogP contribution in [0.3, 0.4) is 0 Å². The summed E-state index contributed by atoms with van der Waals surface area (Å²) in [6.07, 6.45) is -3.62. The third-order valence-electron chi connectivity index (χ3n) is 3.70. The molecule has 0 amide bonds. The average molecular weight is 361 g/mol. The Hall–Kier alpha value is -1.91. The third-order valence-corrected chi connectivity index (χ3v) is 4.44. The fraction of sp³-hybridized carbons (Fsp3) is 0.286. The van der Waals surface area contributed by atoms with Crippen molar-refractivity contribution >= 4 is 29.0 Å². The average Bonchev–Trinajstić information content (AvgIpc) is 2.91. The minimum atomic E-state index is -4.48. The standard InChI is InChI=1S/C14H9Cl2F3N4/c15-9-2-1-7(3-10(9)16)11-4-12(14(17,18)19)23-13(22-11)8(5-20)6-21-23/h1-3,6,11-12,22H,4H2/t11-,12+/m0/s1. The van der Waals surface area contributed by atoms with Crippen molar-refractivity contribution in [2.75, 3.05) is 5.32 Å². The lowest BCUT2D eigenvalue weighted by molar-refractivity contribution is -0.173. The number of aromatic nitrogens is 2. The minimum Gasteiger partial charge on any atom is -0.362 e. The van der Waals surface area contributed by atoms with Gasteiger partial charge in [0.2, 0.25) is 0 Å². The monoisotopic (exact) mass is 360 g/mol. The van der Waals surface area contributed by atoms with Crippen molar-refractivity contribution in [2.45, 2.75) is 24.7 Å². The largest absolute Gasteiger partial charge is 0.410 e. The van der Waals surface area contributed by atoms with Gasteiger partial charge in [-0.05, 0) is 17.7 Å². The van der Waals surface area contributed by atoms with E-state index in [1.165, 1.54) is 12.1 Å². The Bertz CT molecular complexity index is 794. The lowest BCUT2D eigenvalue weighted by atomic mass is 9.96. The van der Waals surface area contributed by atoms with Crippen molar-refractivity contribution in [1.82, 2.24) is 9.78 Å². The topological polar surface area (TPSA) is 53.6 Å². The van der Waals surface area contributed by atoms with Gasteiger partial charge in [-0.2, -0.15) is 23.5 Å². The first-order chi connectivity index (χ1) is 10.8. The summed E-state index contributed by atoms with van der Waals surface area (Å²) >= 11 is 11.8. The summed E-state index contributed by atoms with van der Waals surface area (Å²) in [5.74, 6) is 0.0529. The molecular formula is C14H9Cl2F3N4. The normalized spacial score (nSPS) is 20.5. The number of anilines is 1. The summed E-state index contributed by atoms with van der Waals surface area (Å²) in [5.41, 5.74) is 0.619. The van der Waals surface area contributed by atoms with Gasteiger partial charge in [0.1, 0.15) is 17.5 Å². The Morgan fingerprint density at radius 2 is 2.04 bits per heavy atom. The third kappa shape index (κ3) is 2.84. The van der Waals surface area contributed by atoms with E-state index >= 15 is 0 Å². The smallest absolute Gasteiger partial charge is 0.362 e. The van der Waals surface area contributed by atoms with E-state index in [4.69, 9.17) is 28.5 Å². The van der Waals surface area contributed by atoms with E-state index in [1.54, 1.807) is 6.07 Å². The van der Waals surface area contributed by atoms with Crippen LogP contribution >= 0.6 is 23.2 Å². The molecule has 3 rings (SSSR count). The number of nitriles is 1. The second kappa shape index (κ2) is 5.62. The maximum Gasteiger partial charge on any atom is 0.410 e. The molecular weight excluding hydrogens is 352 g/mol. The van der Waals surface area contributed by atoms with Crippen LogP contribution in [0.4, 0.5) is 19.0 Å². The zero-order valence-electron chi connectivity index (χ0n) is 11.4. The molecule has 9 heteroatoms. The molecule has 0 unspecified atom stereocenters. The van der Waals surface area contributed by atoms with Gasteiger partial charge >= 0.3 is 6.18 Å². The van der Waals surface area contributed by atoms with E-state index in [0.29, 0.717) is 10.6 Å². The maximum absolute atomic E-state index is 13.3. The highest BCUT2D eigenvalue weighted by atomic mass is 35.5. The van der Waals surface area contributed by atoms with Crippen LogP contribution in [0.25, 0.3) is 0 Å². The summed E-state index contributed by atoms with van der Waals surface area (Å²) in [7, 11) is 0. The molecule has 1 aliphatic heterocycles.